The SMILES string of the molecule is CN(C)C[C@@H](NC(=O)c1nn(C)c2c1CCc1cnc(Nc3ccc(N4CCN(C)CC4)cc3)nc1-2)c1ccccc1.CN1CCN(c2ccc(Nc3ncc4c(n3)-c3c(c(C(=O)N[C@H](CN)c5ccccc5)nn3C)CC4)cc2)CC1.CN1CCN(c2ccc(Nc3ncc4c(n3)-c3c(c(C(=O)N[C@H](CN=[N+]=[N-])c5ccccc5)nn3C)CC4)cc2)CC1. The van der Waals surface area contributed by atoms with E-state index in [2.05, 4.69) is 183 Å². The Morgan fingerprint density at radius 1 is 0.411 bits per heavy atom. The first-order valence-electron chi connectivity index (χ1n) is 42.5. The van der Waals surface area contributed by atoms with Gasteiger partial charge < -0.3 is 71.9 Å². The van der Waals surface area contributed by atoms with Crippen LogP contribution in [-0.2, 0) is 59.7 Å². The number of aryl methyl sites for hydroxylation is 6. The first kappa shape index (κ1) is 84.1. The molecule has 32 heteroatoms. The molecule has 3 amide bonds. The van der Waals surface area contributed by atoms with E-state index in [9.17, 15) is 14.4 Å². The Balaban J connectivity index is 0.000000138. The lowest BCUT2D eigenvalue weighted by atomic mass is 9.93. The van der Waals surface area contributed by atoms with Crippen LogP contribution in [0.2, 0.25) is 0 Å². The number of hydrogen-bond acceptors (Lipinski definition) is 24. The Labute approximate surface area is 722 Å². The molecule has 3 saturated heterocycles. The zero-order chi connectivity index (χ0) is 85.9. The van der Waals surface area contributed by atoms with Crippen LogP contribution in [0.4, 0.5) is 52.0 Å². The average Bonchev–Trinajstić information content (AvgIpc) is 1.55. The van der Waals surface area contributed by atoms with Gasteiger partial charge in [0.2, 0.25) is 17.8 Å². The molecule has 638 valence electrons. The summed E-state index contributed by atoms with van der Waals surface area (Å²) >= 11 is 0. The van der Waals surface area contributed by atoms with Crippen molar-refractivity contribution < 1.29 is 14.4 Å². The van der Waals surface area contributed by atoms with Crippen LogP contribution in [0.15, 0.2) is 187 Å². The fourth-order valence-electron chi connectivity index (χ4n) is 17.0. The van der Waals surface area contributed by atoms with Crippen molar-refractivity contribution in [2.24, 2.45) is 32.0 Å². The summed E-state index contributed by atoms with van der Waals surface area (Å²) in [6, 6.07) is 53.6. The van der Waals surface area contributed by atoms with Gasteiger partial charge in [0.15, 0.2) is 17.1 Å². The third-order valence-electron chi connectivity index (χ3n) is 23.9. The third-order valence-corrected chi connectivity index (χ3v) is 23.9. The summed E-state index contributed by atoms with van der Waals surface area (Å²) in [4.78, 5) is 88.1. The molecule has 3 fully saturated rings. The number of aromatic nitrogens is 12. The minimum atomic E-state index is -0.469. The fraction of sp³-hybridized carbons (Fsp3) is 0.348. The maximum atomic E-state index is 13.6. The summed E-state index contributed by atoms with van der Waals surface area (Å²) < 4.78 is 5.26. The standard InChI is InChI=1S/C32H39N9O.C30H33N11O.C30H35N9O/c1-38(2)21-27(22-8-6-5-7-9-22)35-31(42)29-26-15-10-23-20-33-32(36-28(23)30(26)40(4)37-29)34-24-11-13-25(14-12-24)41-18-16-39(3)17-19-41;1-39-14-16-41(17-15-39)23-11-9-22(10-12-23)34-30-32-18-21-8-13-24-27(37-40(2)28(24)26(21)36-30)29(42)35-25(19-33-38-31)20-6-4-3-5-7-20;1-37-14-16-39(17-15-37)23-11-9-22(10-12-23)33-30-32-19-21-8-13-24-27(36-38(2)28(24)26(21)35-30)29(40)34-25(18-31)20-6-4-3-5-7-20/h5-9,11-14,20,27H,10,15-19,21H2,1-4H3,(H,35,42)(H,33,34,36);3-7,9-12,18,25H,8,13-17,19H2,1-2H3,(H,35,42)(H,32,34,36);3-7,9-12,19,25H,8,13-18,31H2,1-2H3,(H,34,40)(H,32,33,35)/t27-;2*25-/m111/s1. The van der Waals surface area contributed by atoms with Gasteiger partial charge >= 0.3 is 0 Å². The van der Waals surface area contributed by atoms with Crippen LogP contribution < -0.4 is 52.3 Å². The highest BCUT2D eigenvalue weighted by Crippen LogP contribution is 2.39. The second-order valence-corrected chi connectivity index (χ2v) is 32.7. The Morgan fingerprint density at radius 3 is 1.02 bits per heavy atom. The Morgan fingerprint density at radius 2 is 0.710 bits per heavy atom. The smallest absolute Gasteiger partial charge is 0.272 e. The molecule has 6 aromatic carbocycles. The largest absolute Gasteiger partial charge is 0.369 e. The number of piperazine rings is 3. The number of carbonyl (C=O) groups excluding carboxylic acids is 3. The molecule has 32 nitrogen and oxygen atoms in total. The molecule has 6 aliphatic rings. The van der Waals surface area contributed by atoms with Crippen molar-refractivity contribution in [3.05, 3.63) is 260 Å². The molecule has 12 aromatic rings. The van der Waals surface area contributed by atoms with E-state index in [1.54, 1.807) is 14.0 Å². The summed E-state index contributed by atoms with van der Waals surface area (Å²) in [7, 11) is 16.1. The summed E-state index contributed by atoms with van der Waals surface area (Å²) in [6.45, 7) is 13.7. The molecular weight excluding hydrogens is 1560 g/mol. The lowest BCUT2D eigenvalue weighted by Crippen LogP contribution is -2.44. The lowest BCUT2D eigenvalue weighted by Gasteiger charge is -2.34. The van der Waals surface area contributed by atoms with Gasteiger partial charge in [0.05, 0.1) is 58.8 Å². The van der Waals surface area contributed by atoms with Gasteiger partial charge in [-0.1, -0.05) is 96.1 Å². The Kier molecular flexibility index (Phi) is 26.0. The highest BCUT2D eigenvalue weighted by molar-refractivity contribution is 5.98. The van der Waals surface area contributed by atoms with Gasteiger partial charge in [-0.15, -0.1) is 0 Å². The summed E-state index contributed by atoms with van der Waals surface area (Å²) in [5, 5.41) is 37.0. The maximum absolute atomic E-state index is 13.6. The molecule has 3 atom stereocenters. The van der Waals surface area contributed by atoms with Crippen molar-refractivity contribution in [1.82, 2.24) is 94.8 Å². The highest BCUT2D eigenvalue weighted by Gasteiger charge is 2.35. The minimum absolute atomic E-state index is 0.0999. The van der Waals surface area contributed by atoms with Crippen LogP contribution in [0.25, 0.3) is 44.6 Å². The average molecular weight is 1670 g/mol. The van der Waals surface area contributed by atoms with Crippen LogP contribution >= 0.6 is 0 Å². The van der Waals surface area contributed by atoms with Gasteiger partial charge in [0.1, 0.15) is 0 Å². The van der Waals surface area contributed by atoms with Crippen LogP contribution in [0.1, 0.15) is 99.7 Å². The van der Waals surface area contributed by atoms with E-state index in [-0.39, 0.29) is 36.3 Å². The Hall–Kier alpha value is -13.5. The molecule has 124 heavy (non-hydrogen) atoms. The van der Waals surface area contributed by atoms with Gasteiger partial charge in [-0.05, 0) is 185 Å². The zero-order valence-electron chi connectivity index (χ0n) is 71.5. The number of fused-ring (bicyclic) bond motifs is 9. The second kappa shape index (κ2) is 38.3. The number of azide groups is 1. The zero-order valence-corrected chi connectivity index (χ0v) is 71.5. The number of anilines is 9. The molecule has 9 heterocycles. The molecular formula is C92H107N29O3. The molecule has 0 saturated carbocycles. The minimum Gasteiger partial charge on any atom is -0.369 e. The number of carbonyl (C=O) groups is 3. The first-order chi connectivity index (χ1) is 60.3. The normalized spacial score (nSPS) is 15.5. The van der Waals surface area contributed by atoms with Crippen molar-refractivity contribution >= 4 is 69.7 Å². The predicted molar refractivity (Wildman–Crippen MR) is 485 cm³/mol. The van der Waals surface area contributed by atoms with Gasteiger partial charge in [-0.2, -0.15) is 15.3 Å². The summed E-state index contributed by atoms with van der Waals surface area (Å²) in [6.07, 6.45) is 9.88. The number of likely N-dealkylation sites (N-methyl/N-ethyl adjacent to an activating group) is 4. The number of nitrogens with one attached hydrogen (secondary N) is 6. The van der Waals surface area contributed by atoms with Crippen LogP contribution in [0.5, 0.6) is 0 Å². The maximum Gasteiger partial charge on any atom is 0.272 e. The molecule has 0 radical (unpaired) electrons. The predicted octanol–water partition coefficient (Wildman–Crippen LogP) is 10.7. The van der Waals surface area contributed by atoms with Crippen molar-refractivity contribution in [2.75, 3.05) is 164 Å². The van der Waals surface area contributed by atoms with Gasteiger partial charge in [0, 0.05) is 187 Å². The number of rotatable bonds is 23. The molecule has 0 unspecified atom stereocenters. The number of hydrogen-bond donors (Lipinski definition) is 7. The molecule has 3 aliphatic carbocycles. The Bertz CT molecular complexity index is 5770. The van der Waals surface area contributed by atoms with Gasteiger partial charge in [0.25, 0.3) is 17.7 Å². The van der Waals surface area contributed by atoms with Crippen molar-refractivity contribution in [1.29, 1.82) is 0 Å². The van der Waals surface area contributed by atoms with E-state index in [0.29, 0.717) is 73.7 Å². The molecule has 3 aliphatic heterocycles. The number of benzene rings is 6. The van der Waals surface area contributed by atoms with E-state index in [4.69, 9.17) is 31.3 Å². The van der Waals surface area contributed by atoms with E-state index < -0.39 is 6.04 Å². The summed E-state index contributed by atoms with van der Waals surface area (Å²) in [5.41, 5.74) is 36.1. The number of nitrogens with zero attached hydrogens (tertiary/aromatic N) is 22. The lowest BCUT2D eigenvalue weighted by molar-refractivity contribution is 0.0917. The summed E-state index contributed by atoms with van der Waals surface area (Å²) in [5.74, 6) is 0.811. The molecule has 8 N–H and O–H groups in total. The molecule has 6 aromatic heterocycles. The molecule has 18 rings (SSSR count). The second-order valence-electron chi connectivity index (χ2n) is 32.7. The van der Waals surface area contributed by atoms with Crippen molar-refractivity contribution in [3.63, 3.8) is 0 Å². The van der Waals surface area contributed by atoms with Gasteiger partial charge in [-0.3, -0.25) is 28.4 Å². The van der Waals surface area contributed by atoms with E-state index in [0.717, 1.165) is 193 Å². The van der Waals surface area contributed by atoms with E-state index >= 15 is 0 Å². The molecule has 0 spiro atoms. The first-order valence-corrected chi connectivity index (χ1v) is 42.5. The van der Waals surface area contributed by atoms with Crippen molar-refractivity contribution in [2.45, 2.75) is 56.7 Å². The van der Waals surface area contributed by atoms with Crippen LogP contribution in [-0.4, -0.2) is 230 Å². The topological polar surface area (TPSA) is 352 Å². The van der Waals surface area contributed by atoms with Crippen LogP contribution in [0, 0.1) is 0 Å². The molecule has 0 bridgehead atoms. The highest BCUT2D eigenvalue weighted by atomic mass is 16.2. The fourth-order valence-corrected chi connectivity index (χ4v) is 17.0. The number of amides is 3. The van der Waals surface area contributed by atoms with E-state index in [1.165, 1.54) is 17.1 Å². The van der Waals surface area contributed by atoms with E-state index in [1.807, 2.05) is 157 Å². The van der Waals surface area contributed by atoms with Gasteiger partial charge in [-0.25, -0.2) is 29.9 Å². The third kappa shape index (κ3) is 19.4. The quantitative estimate of drug-likeness (QED) is 0.0178. The number of nitrogens with two attached hydrogens (primary N) is 1. The van der Waals surface area contributed by atoms with Crippen molar-refractivity contribution in [3.8, 4) is 34.2 Å². The monoisotopic (exact) mass is 1670 g/mol. The van der Waals surface area contributed by atoms with Crippen LogP contribution in [0.3, 0.4) is 0 Å².